The molecule has 190 valence electrons. The van der Waals surface area contributed by atoms with Crippen molar-refractivity contribution in [2.75, 3.05) is 5.88 Å². The van der Waals surface area contributed by atoms with Crippen LogP contribution in [-0.4, -0.2) is 45.4 Å². The van der Waals surface area contributed by atoms with Crippen LogP contribution < -0.4 is 0 Å². The van der Waals surface area contributed by atoms with Gasteiger partial charge < -0.3 is 0 Å². The van der Waals surface area contributed by atoms with Gasteiger partial charge in [-0.3, -0.25) is 19.2 Å². The third-order valence-electron chi connectivity index (χ3n) is 8.26. The normalized spacial score (nSPS) is 29.6. The van der Waals surface area contributed by atoms with E-state index in [1.165, 1.54) is 36.4 Å². The minimum atomic E-state index is -1.25. The fraction of sp³-hybridized carbons (Fsp3) is 0.357. The molecule has 7 atom stereocenters. The summed E-state index contributed by atoms with van der Waals surface area (Å²) >= 11 is 12.1. The molecule has 0 radical (unpaired) electrons. The number of hydrogen-bond acceptors (Lipinski definition) is 4. The van der Waals surface area contributed by atoms with E-state index in [1.54, 1.807) is 0 Å². The van der Waals surface area contributed by atoms with Crippen molar-refractivity contribution in [3.05, 3.63) is 82.6 Å². The smallest absolute Gasteiger partial charge is 0.273 e. The Morgan fingerprint density at radius 1 is 0.919 bits per heavy atom. The average molecular weight is 541 g/mol. The number of carbonyl (C=O) groups excluding carboxylic acids is 4. The molecule has 2 saturated carbocycles. The van der Waals surface area contributed by atoms with E-state index in [4.69, 9.17) is 23.2 Å². The Balaban J connectivity index is 1.43. The van der Waals surface area contributed by atoms with Gasteiger partial charge in [0, 0.05) is 22.0 Å². The molecule has 0 aromatic heterocycles. The molecule has 1 saturated heterocycles. The summed E-state index contributed by atoms with van der Waals surface area (Å²) in [4.78, 5) is 55.5. The van der Waals surface area contributed by atoms with Crippen LogP contribution in [0.25, 0.3) is 0 Å². The van der Waals surface area contributed by atoms with Crippen LogP contribution in [0.15, 0.2) is 60.7 Å². The van der Waals surface area contributed by atoms with Crippen molar-refractivity contribution in [2.45, 2.75) is 18.9 Å². The number of allylic oxidation sites excluding steroid dienone is 2. The second-order valence-corrected chi connectivity index (χ2v) is 11.0. The Bertz CT molecular complexity index is 1290. The number of benzene rings is 2. The van der Waals surface area contributed by atoms with E-state index in [0.717, 1.165) is 28.6 Å². The number of rotatable bonds is 7. The number of hydrogen-bond donors (Lipinski definition) is 0. The van der Waals surface area contributed by atoms with E-state index in [9.17, 15) is 23.6 Å². The predicted molar refractivity (Wildman–Crippen MR) is 134 cm³/mol. The number of carbonyl (C=O) groups is 4. The van der Waals surface area contributed by atoms with Crippen molar-refractivity contribution in [3.63, 3.8) is 0 Å². The van der Waals surface area contributed by atoms with Crippen LogP contribution in [0.2, 0.25) is 5.02 Å². The summed E-state index contributed by atoms with van der Waals surface area (Å²) in [6.45, 7) is 0. The monoisotopic (exact) mass is 540 g/mol. The van der Waals surface area contributed by atoms with E-state index >= 15 is 0 Å². The highest BCUT2D eigenvalue weighted by Gasteiger charge is 2.68. The maximum atomic E-state index is 14.0. The number of imide groups is 1. The molecule has 7 rings (SSSR count). The van der Waals surface area contributed by atoms with Crippen LogP contribution in [0.5, 0.6) is 0 Å². The first kappa shape index (κ1) is 24.3. The molecule has 1 aliphatic heterocycles. The first-order valence-corrected chi connectivity index (χ1v) is 13.2. The number of alkyl halides is 1. The minimum Gasteiger partial charge on any atom is -0.292 e. The van der Waals surface area contributed by atoms with Gasteiger partial charge in [-0.25, -0.2) is 9.40 Å². The topological polar surface area (TPSA) is 74.8 Å². The predicted octanol–water partition coefficient (Wildman–Crippen LogP) is 4.77. The average Bonchev–Trinajstić information content (AvgIpc) is 3.68. The Kier molecular flexibility index (Phi) is 5.96. The lowest BCUT2D eigenvalue weighted by Gasteiger charge is -2.37. The maximum Gasteiger partial charge on any atom is 0.273 e. The molecule has 2 aromatic carbocycles. The zero-order valence-electron chi connectivity index (χ0n) is 19.6. The molecule has 37 heavy (non-hydrogen) atoms. The highest BCUT2D eigenvalue weighted by atomic mass is 35.5. The van der Waals surface area contributed by atoms with Gasteiger partial charge in [-0.2, -0.15) is 5.01 Å². The Morgan fingerprint density at radius 2 is 1.46 bits per heavy atom. The van der Waals surface area contributed by atoms with Gasteiger partial charge in [0.15, 0.2) is 5.78 Å². The van der Waals surface area contributed by atoms with Gasteiger partial charge in [0.25, 0.3) is 17.7 Å². The van der Waals surface area contributed by atoms with E-state index in [0.29, 0.717) is 16.9 Å². The van der Waals surface area contributed by atoms with Crippen LogP contribution in [0.4, 0.5) is 4.39 Å². The molecule has 0 spiro atoms. The number of amides is 3. The van der Waals surface area contributed by atoms with Gasteiger partial charge in [-0.05, 0) is 85.0 Å². The Hall–Kier alpha value is -3.03. The van der Waals surface area contributed by atoms with Crippen LogP contribution in [0, 0.1) is 41.3 Å². The van der Waals surface area contributed by atoms with Crippen LogP contribution in [0.3, 0.4) is 0 Å². The summed E-state index contributed by atoms with van der Waals surface area (Å²) in [7, 11) is 0. The number of nitrogens with zero attached hydrogens (tertiary/aromatic N) is 2. The van der Waals surface area contributed by atoms with Crippen molar-refractivity contribution < 1.29 is 23.6 Å². The van der Waals surface area contributed by atoms with Crippen LogP contribution in [-0.2, 0) is 9.59 Å². The van der Waals surface area contributed by atoms with Crippen molar-refractivity contribution >= 4 is 46.7 Å². The first-order valence-electron chi connectivity index (χ1n) is 12.3. The summed E-state index contributed by atoms with van der Waals surface area (Å²) in [6.07, 6.45) is 5.07. The molecule has 2 bridgehead atoms. The summed E-state index contributed by atoms with van der Waals surface area (Å²) in [5.41, 5.74) is 0.306. The quantitative estimate of drug-likeness (QED) is 0.219. The molecule has 1 heterocycles. The van der Waals surface area contributed by atoms with Gasteiger partial charge in [0.2, 0.25) is 0 Å². The summed E-state index contributed by atoms with van der Waals surface area (Å²) in [5.74, 6) is -3.12. The molecular weight excluding hydrogens is 518 g/mol. The van der Waals surface area contributed by atoms with Crippen LogP contribution >= 0.6 is 23.2 Å². The zero-order chi connectivity index (χ0) is 26.0. The molecule has 2 aromatic rings. The lowest BCUT2D eigenvalue weighted by molar-refractivity contribution is -0.157. The fourth-order valence-electron chi connectivity index (χ4n) is 6.52. The third-order valence-corrected chi connectivity index (χ3v) is 8.73. The molecule has 5 aliphatic rings. The molecule has 3 fully saturated rings. The highest BCUT2D eigenvalue weighted by Crippen LogP contribution is 2.65. The number of halogens is 3. The molecule has 0 N–H and O–H groups in total. The lowest BCUT2D eigenvalue weighted by Crippen LogP contribution is -2.57. The maximum absolute atomic E-state index is 14.0. The van der Waals surface area contributed by atoms with Gasteiger partial charge >= 0.3 is 0 Å². The summed E-state index contributed by atoms with van der Waals surface area (Å²) in [6, 6.07) is 9.68. The van der Waals surface area contributed by atoms with Crippen molar-refractivity contribution in [1.82, 2.24) is 10.0 Å². The molecule has 6 nitrogen and oxygen atoms in total. The molecule has 3 amide bonds. The molecular formula is C28H23Cl2FN2O4. The van der Waals surface area contributed by atoms with Crippen molar-refractivity contribution in [3.8, 4) is 0 Å². The van der Waals surface area contributed by atoms with Gasteiger partial charge in [0.1, 0.15) is 11.9 Å². The van der Waals surface area contributed by atoms with E-state index in [2.05, 4.69) is 0 Å². The fourth-order valence-corrected chi connectivity index (χ4v) is 6.86. The highest BCUT2D eigenvalue weighted by molar-refractivity contribution is 6.30. The minimum absolute atomic E-state index is 0.0119. The number of ketones is 1. The molecule has 9 heteroatoms. The number of hydrazine groups is 1. The van der Waals surface area contributed by atoms with E-state index in [1.807, 2.05) is 12.2 Å². The second-order valence-electron chi connectivity index (χ2n) is 10.2. The van der Waals surface area contributed by atoms with Crippen molar-refractivity contribution in [2.24, 2.45) is 35.5 Å². The first-order chi connectivity index (χ1) is 17.8. The van der Waals surface area contributed by atoms with E-state index < -0.39 is 47.2 Å². The van der Waals surface area contributed by atoms with Gasteiger partial charge in [-0.1, -0.05) is 23.8 Å². The van der Waals surface area contributed by atoms with Gasteiger partial charge in [0.05, 0.1) is 11.8 Å². The molecule has 4 aliphatic carbocycles. The van der Waals surface area contributed by atoms with Gasteiger partial charge in [-0.15, -0.1) is 11.6 Å². The summed E-state index contributed by atoms with van der Waals surface area (Å²) in [5, 5.41) is 2.30. The summed E-state index contributed by atoms with van der Waals surface area (Å²) < 4.78 is 13.6. The SMILES string of the molecule is O=C(c1ccc(F)cc1)[C@H](CCCl)N(C(=O)c1ccc(Cl)cc1)N1C(=O)[C@@H]2[C@H]3C=C[C@@H]([C@@H]4C[C@@H]34)[C@H]2C1=O. The lowest BCUT2D eigenvalue weighted by atomic mass is 9.63. The Labute approximate surface area is 223 Å². The molecule has 0 unspecified atom stereocenters. The Morgan fingerprint density at radius 3 is 2.00 bits per heavy atom. The third kappa shape index (κ3) is 3.82. The zero-order valence-corrected chi connectivity index (χ0v) is 21.1. The number of Topliss-reactive ketones (excluding diaryl/α,β-unsaturated/α-hetero) is 1. The standard InChI is InChI=1S/C28H23Cl2FN2O4/c29-12-11-22(25(34)14-3-7-17(31)8-4-14)32(26(35)15-1-5-16(30)6-2-15)33-27(36)23-18-9-10-19(21-13-20(18)21)24(23)28(33)37/h1-10,18-24H,11-13H2/t18-,19-,20-,21-,22-,23+,24+/m0/s1. The largest absolute Gasteiger partial charge is 0.292 e. The van der Waals surface area contributed by atoms with E-state index in [-0.39, 0.29) is 35.3 Å². The van der Waals surface area contributed by atoms with Crippen molar-refractivity contribution in [1.29, 1.82) is 0 Å². The van der Waals surface area contributed by atoms with Crippen LogP contribution in [0.1, 0.15) is 33.6 Å². The second kappa shape index (κ2) is 9.07.